The molecule has 0 radical (unpaired) electrons. The lowest BCUT2D eigenvalue weighted by atomic mass is 10.5. The Balaban J connectivity index is 4.25. The van der Waals surface area contributed by atoms with Gasteiger partial charge in [0.2, 0.25) is 0 Å². The number of rotatable bonds is 8. The van der Waals surface area contributed by atoms with Crippen molar-refractivity contribution in [2.45, 2.75) is 25.4 Å². The van der Waals surface area contributed by atoms with Crippen LogP contribution >= 0.6 is 7.14 Å². The highest BCUT2D eigenvalue weighted by molar-refractivity contribution is 7.64. The lowest BCUT2D eigenvalue weighted by molar-refractivity contribution is 0.285. The van der Waals surface area contributed by atoms with Crippen molar-refractivity contribution in [3.8, 4) is 0 Å². The van der Waals surface area contributed by atoms with Crippen LogP contribution in [0.2, 0.25) is 0 Å². The summed E-state index contributed by atoms with van der Waals surface area (Å²) in [6.07, 6.45) is 1.94. The first kappa shape index (κ1) is 14.1. The first-order valence-electron chi connectivity index (χ1n) is 5.01. The number of hydrogen-bond acceptors (Lipinski definition) is 4. The summed E-state index contributed by atoms with van der Waals surface area (Å²) in [7, 11) is -2.41. The fourth-order valence-corrected chi connectivity index (χ4v) is 4.13. The second-order valence-electron chi connectivity index (χ2n) is 3.59. The van der Waals surface area contributed by atoms with E-state index in [2.05, 4.69) is 0 Å². The summed E-state index contributed by atoms with van der Waals surface area (Å²) in [4.78, 5) is 0. The fourth-order valence-electron chi connectivity index (χ4n) is 1.38. The molecule has 0 saturated heterocycles. The second kappa shape index (κ2) is 7.41. The molecule has 0 aromatic carbocycles. The van der Waals surface area contributed by atoms with Gasteiger partial charge in [0.15, 0.2) is 0 Å². The predicted octanol–water partition coefficient (Wildman–Crippen LogP) is 0.495. The largest absolute Gasteiger partial charge is 0.396 e. The summed E-state index contributed by atoms with van der Waals surface area (Å²) in [5.41, 5.74) is -0.222. The van der Waals surface area contributed by atoms with Crippen LogP contribution in [0.25, 0.3) is 0 Å². The number of aliphatic hydroxyl groups excluding tert-OH is 3. The third-order valence-electron chi connectivity index (χ3n) is 2.46. The monoisotopic (exact) mass is 224 g/mol. The minimum absolute atomic E-state index is 0.0290. The zero-order valence-electron chi connectivity index (χ0n) is 8.72. The predicted molar refractivity (Wildman–Crippen MR) is 57.3 cm³/mol. The molecule has 1 unspecified atom stereocenters. The minimum atomic E-state index is -2.41. The van der Waals surface area contributed by atoms with Gasteiger partial charge in [0.1, 0.15) is 0 Å². The molecule has 0 amide bonds. The fraction of sp³-hybridized carbons (Fsp3) is 1.00. The third kappa shape index (κ3) is 4.56. The lowest BCUT2D eigenvalue weighted by Crippen LogP contribution is -2.15. The van der Waals surface area contributed by atoms with Gasteiger partial charge in [-0.05, 0) is 12.8 Å². The SMILES string of the molecule is CC(CO)P(=O)(CCCO)CCCO. The van der Waals surface area contributed by atoms with Crippen LogP contribution in [0.5, 0.6) is 0 Å². The molecule has 0 aromatic rings. The molecule has 0 spiro atoms. The second-order valence-corrected chi connectivity index (χ2v) is 7.27. The van der Waals surface area contributed by atoms with Crippen LogP contribution < -0.4 is 0 Å². The van der Waals surface area contributed by atoms with Crippen LogP contribution in [-0.4, -0.2) is 53.1 Å². The maximum Gasteiger partial charge on any atom is 0.0928 e. The third-order valence-corrected chi connectivity index (χ3v) is 6.37. The zero-order chi connectivity index (χ0) is 11.0. The van der Waals surface area contributed by atoms with Crippen molar-refractivity contribution >= 4 is 7.14 Å². The van der Waals surface area contributed by atoms with Gasteiger partial charge < -0.3 is 19.9 Å². The van der Waals surface area contributed by atoms with Gasteiger partial charge in [-0.3, -0.25) is 0 Å². The first-order chi connectivity index (χ1) is 6.60. The quantitative estimate of drug-likeness (QED) is 0.524. The van der Waals surface area contributed by atoms with Crippen molar-refractivity contribution in [3.63, 3.8) is 0 Å². The molecule has 5 heteroatoms. The van der Waals surface area contributed by atoms with E-state index in [1.54, 1.807) is 6.92 Å². The van der Waals surface area contributed by atoms with E-state index in [9.17, 15) is 4.57 Å². The lowest BCUT2D eigenvalue weighted by Gasteiger charge is -2.23. The Bertz CT molecular complexity index is 172. The van der Waals surface area contributed by atoms with Gasteiger partial charge in [-0.1, -0.05) is 6.92 Å². The van der Waals surface area contributed by atoms with E-state index in [0.29, 0.717) is 25.2 Å². The van der Waals surface area contributed by atoms with Gasteiger partial charge in [0.05, 0.1) is 13.7 Å². The molecule has 1 atom stereocenters. The summed E-state index contributed by atoms with van der Waals surface area (Å²) in [6, 6.07) is 0. The van der Waals surface area contributed by atoms with Crippen molar-refractivity contribution in [1.82, 2.24) is 0 Å². The summed E-state index contributed by atoms with van der Waals surface area (Å²) in [6.45, 7) is 1.73. The molecule has 0 heterocycles. The summed E-state index contributed by atoms with van der Waals surface area (Å²) >= 11 is 0. The molecule has 0 fully saturated rings. The van der Waals surface area contributed by atoms with Crippen LogP contribution in [0.3, 0.4) is 0 Å². The summed E-state index contributed by atoms with van der Waals surface area (Å²) < 4.78 is 12.3. The van der Waals surface area contributed by atoms with Gasteiger partial charge in [0, 0.05) is 31.2 Å². The molecule has 0 aliphatic heterocycles. The van der Waals surface area contributed by atoms with E-state index in [4.69, 9.17) is 15.3 Å². The maximum absolute atomic E-state index is 12.3. The first-order valence-corrected chi connectivity index (χ1v) is 7.15. The van der Waals surface area contributed by atoms with Gasteiger partial charge in [-0.2, -0.15) is 0 Å². The van der Waals surface area contributed by atoms with Gasteiger partial charge in [0.25, 0.3) is 0 Å². The Kier molecular flexibility index (Phi) is 7.47. The Hall–Kier alpha value is 0.110. The normalized spacial score (nSPS) is 14.3. The Morgan fingerprint density at radius 3 is 1.79 bits per heavy atom. The molecule has 0 saturated carbocycles. The van der Waals surface area contributed by atoms with Crippen molar-refractivity contribution in [2.75, 3.05) is 32.1 Å². The van der Waals surface area contributed by atoms with E-state index < -0.39 is 7.14 Å². The smallest absolute Gasteiger partial charge is 0.0928 e. The van der Waals surface area contributed by atoms with E-state index >= 15 is 0 Å². The molecular weight excluding hydrogens is 203 g/mol. The zero-order valence-corrected chi connectivity index (χ0v) is 9.62. The van der Waals surface area contributed by atoms with Crippen LogP contribution in [0.1, 0.15) is 19.8 Å². The van der Waals surface area contributed by atoms with Crippen LogP contribution in [0, 0.1) is 0 Å². The molecule has 0 bridgehead atoms. The van der Waals surface area contributed by atoms with E-state index in [1.165, 1.54) is 0 Å². The molecule has 86 valence electrons. The highest BCUT2D eigenvalue weighted by atomic mass is 31.2. The van der Waals surface area contributed by atoms with E-state index in [-0.39, 0.29) is 25.5 Å². The molecule has 0 rings (SSSR count). The van der Waals surface area contributed by atoms with Crippen molar-refractivity contribution < 1.29 is 19.9 Å². The molecular formula is C9H21O4P. The van der Waals surface area contributed by atoms with Crippen molar-refractivity contribution in [2.24, 2.45) is 0 Å². The van der Waals surface area contributed by atoms with E-state index in [1.807, 2.05) is 0 Å². The Morgan fingerprint density at radius 2 is 1.50 bits per heavy atom. The van der Waals surface area contributed by atoms with Gasteiger partial charge in [-0.15, -0.1) is 0 Å². The highest BCUT2D eigenvalue weighted by Gasteiger charge is 2.27. The topological polar surface area (TPSA) is 77.8 Å². The Morgan fingerprint density at radius 1 is 1.07 bits per heavy atom. The molecule has 4 nitrogen and oxygen atoms in total. The summed E-state index contributed by atoms with van der Waals surface area (Å²) in [5.74, 6) is 0. The average molecular weight is 224 g/mol. The average Bonchev–Trinajstić information content (AvgIpc) is 2.22. The van der Waals surface area contributed by atoms with Crippen molar-refractivity contribution in [1.29, 1.82) is 0 Å². The highest BCUT2D eigenvalue weighted by Crippen LogP contribution is 2.51. The van der Waals surface area contributed by atoms with Gasteiger partial charge in [-0.25, -0.2) is 0 Å². The van der Waals surface area contributed by atoms with Gasteiger partial charge >= 0.3 is 0 Å². The van der Waals surface area contributed by atoms with Crippen LogP contribution in [0.4, 0.5) is 0 Å². The molecule has 0 aliphatic rings. The maximum atomic E-state index is 12.3. The molecule has 3 N–H and O–H groups in total. The van der Waals surface area contributed by atoms with Crippen LogP contribution in [0.15, 0.2) is 0 Å². The molecule has 0 aliphatic carbocycles. The minimum Gasteiger partial charge on any atom is -0.396 e. The summed E-state index contributed by atoms with van der Waals surface area (Å²) in [5, 5.41) is 26.3. The molecule has 0 aromatic heterocycles. The van der Waals surface area contributed by atoms with Crippen molar-refractivity contribution in [3.05, 3.63) is 0 Å². The van der Waals surface area contributed by atoms with Crippen LogP contribution in [-0.2, 0) is 4.57 Å². The standard InChI is InChI=1S/C9H21O4P/c1-9(8-12)14(13,6-2-4-10)7-3-5-11/h9-12H,2-8H2,1H3. The Labute approximate surface area is 85.3 Å². The number of hydrogen-bond donors (Lipinski definition) is 3. The van der Waals surface area contributed by atoms with E-state index in [0.717, 1.165) is 0 Å². The number of aliphatic hydroxyl groups is 3. The molecule has 14 heavy (non-hydrogen) atoms.